The molecule has 5 nitrogen and oxygen atoms in total. The predicted octanol–water partition coefficient (Wildman–Crippen LogP) is 2.83. The third-order valence-corrected chi connectivity index (χ3v) is 3.33. The van der Waals surface area contributed by atoms with Gasteiger partial charge >= 0.3 is 5.97 Å². The van der Waals surface area contributed by atoms with Gasteiger partial charge in [0.15, 0.2) is 5.96 Å². The minimum atomic E-state index is -0.225. The number of hydrogen-bond donors (Lipinski definition) is 2. The Kier molecular flexibility index (Phi) is 11.5. The van der Waals surface area contributed by atoms with Crippen molar-refractivity contribution >= 4 is 35.9 Å². The van der Waals surface area contributed by atoms with Crippen molar-refractivity contribution in [2.24, 2.45) is 4.99 Å². The summed E-state index contributed by atoms with van der Waals surface area (Å²) in [6.07, 6.45) is 0.328. The van der Waals surface area contributed by atoms with Crippen LogP contribution in [0.25, 0.3) is 0 Å². The zero-order chi connectivity index (χ0) is 16.4. The lowest BCUT2D eigenvalue weighted by atomic mass is 10.00. The van der Waals surface area contributed by atoms with Gasteiger partial charge in [-0.15, -0.1) is 24.0 Å². The highest BCUT2D eigenvalue weighted by Crippen LogP contribution is 2.16. The molecule has 0 aliphatic rings. The van der Waals surface area contributed by atoms with Gasteiger partial charge in [0.25, 0.3) is 0 Å². The second-order valence-electron chi connectivity index (χ2n) is 5.29. The number of aryl methyl sites for hydroxylation is 1. The molecule has 23 heavy (non-hydrogen) atoms. The van der Waals surface area contributed by atoms with Crippen LogP contribution >= 0.6 is 24.0 Å². The maximum absolute atomic E-state index is 11.1. The van der Waals surface area contributed by atoms with Crippen LogP contribution < -0.4 is 10.6 Å². The van der Waals surface area contributed by atoms with Gasteiger partial charge in [-0.2, -0.15) is 0 Å². The van der Waals surface area contributed by atoms with Crippen molar-refractivity contribution in [3.63, 3.8) is 0 Å². The zero-order valence-corrected chi connectivity index (χ0v) is 16.7. The molecule has 0 saturated heterocycles. The van der Waals surface area contributed by atoms with E-state index in [0.29, 0.717) is 25.4 Å². The molecule has 0 fully saturated rings. The van der Waals surface area contributed by atoms with Crippen LogP contribution in [0.2, 0.25) is 0 Å². The molecular weight excluding hydrogens is 405 g/mol. The van der Waals surface area contributed by atoms with E-state index in [1.807, 2.05) is 6.92 Å². The summed E-state index contributed by atoms with van der Waals surface area (Å²) in [5, 5.41) is 6.32. The number of ether oxygens (including phenoxy) is 1. The molecule has 1 aromatic carbocycles. The summed E-state index contributed by atoms with van der Waals surface area (Å²) >= 11 is 0. The summed E-state index contributed by atoms with van der Waals surface area (Å²) in [5.74, 6) is 0.846. The molecule has 0 saturated carbocycles. The quantitative estimate of drug-likeness (QED) is 0.301. The largest absolute Gasteiger partial charge is 0.469 e. The minimum absolute atomic E-state index is 0. The molecule has 0 spiro atoms. The standard InChI is InChI=1S/C17H27N3O2.HI/c1-5-18-17(19-10-9-16(21)22-4)20-12-14(3)15-8-6-7-13(2)11-15;/h6-8,11,14H,5,9-10,12H2,1-4H3,(H2,18,19,20);1H. The molecular formula is C17H28IN3O2. The number of halogens is 1. The molecule has 1 atom stereocenters. The Bertz CT molecular complexity index is 506. The lowest BCUT2D eigenvalue weighted by Gasteiger charge is -2.14. The van der Waals surface area contributed by atoms with Crippen molar-refractivity contribution in [1.29, 1.82) is 0 Å². The van der Waals surface area contributed by atoms with Gasteiger partial charge in [0, 0.05) is 25.6 Å². The van der Waals surface area contributed by atoms with E-state index in [9.17, 15) is 4.79 Å². The van der Waals surface area contributed by atoms with E-state index in [0.717, 1.165) is 12.5 Å². The Morgan fingerprint density at radius 2 is 2.09 bits per heavy atom. The van der Waals surface area contributed by atoms with Crippen molar-refractivity contribution in [3.8, 4) is 0 Å². The third kappa shape index (κ3) is 8.78. The van der Waals surface area contributed by atoms with Crippen LogP contribution in [-0.2, 0) is 9.53 Å². The van der Waals surface area contributed by atoms with Crippen LogP contribution in [-0.4, -0.2) is 38.7 Å². The first kappa shape index (κ1) is 21.7. The summed E-state index contributed by atoms with van der Waals surface area (Å²) in [6.45, 7) is 8.26. The zero-order valence-electron chi connectivity index (χ0n) is 14.4. The van der Waals surface area contributed by atoms with Gasteiger partial charge in [-0.3, -0.25) is 9.79 Å². The first-order valence-corrected chi connectivity index (χ1v) is 7.72. The van der Waals surface area contributed by atoms with E-state index >= 15 is 0 Å². The molecule has 2 N–H and O–H groups in total. The number of esters is 1. The highest BCUT2D eigenvalue weighted by molar-refractivity contribution is 14.0. The number of aliphatic imine (C=N–C) groups is 1. The number of methoxy groups -OCH3 is 1. The lowest BCUT2D eigenvalue weighted by Crippen LogP contribution is -2.38. The highest BCUT2D eigenvalue weighted by Gasteiger charge is 2.06. The van der Waals surface area contributed by atoms with Gasteiger partial charge in [0.1, 0.15) is 0 Å². The lowest BCUT2D eigenvalue weighted by molar-refractivity contribution is -0.140. The van der Waals surface area contributed by atoms with Crippen molar-refractivity contribution in [3.05, 3.63) is 35.4 Å². The fraction of sp³-hybridized carbons (Fsp3) is 0.529. The number of benzene rings is 1. The Morgan fingerprint density at radius 3 is 2.70 bits per heavy atom. The van der Waals surface area contributed by atoms with Crippen molar-refractivity contribution in [1.82, 2.24) is 10.6 Å². The monoisotopic (exact) mass is 433 g/mol. The number of nitrogens with zero attached hydrogens (tertiary/aromatic N) is 1. The number of rotatable bonds is 7. The maximum atomic E-state index is 11.1. The average molecular weight is 433 g/mol. The van der Waals surface area contributed by atoms with Crippen LogP contribution in [0.5, 0.6) is 0 Å². The van der Waals surface area contributed by atoms with Crippen molar-refractivity contribution in [2.75, 3.05) is 26.7 Å². The van der Waals surface area contributed by atoms with Crippen LogP contribution in [0.1, 0.15) is 37.3 Å². The van der Waals surface area contributed by atoms with Gasteiger partial charge < -0.3 is 15.4 Å². The minimum Gasteiger partial charge on any atom is -0.469 e. The molecule has 0 heterocycles. The van der Waals surface area contributed by atoms with Crippen molar-refractivity contribution in [2.45, 2.75) is 33.1 Å². The Hall–Kier alpha value is -1.31. The second kappa shape index (κ2) is 12.2. The first-order valence-electron chi connectivity index (χ1n) is 7.72. The molecule has 1 unspecified atom stereocenters. The normalized spacial score (nSPS) is 12.1. The Balaban J connectivity index is 0.00000484. The summed E-state index contributed by atoms with van der Waals surface area (Å²) in [5.41, 5.74) is 2.55. The molecule has 0 amide bonds. The van der Waals surface area contributed by atoms with E-state index in [1.165, 1.54) is 18.2 Å². The van der Waals surface area contributed by atoms with E-state index in [-0.39, 0.29) is 29.9 Å². The number of carbonyl (C=O) groups excluding carboxylic acids is 1. The van der Waals surface area contributed by atoms with Crippen LogP contribution in [0.4, 0.5) is 0 Å². The SMILES string of the molecule is CCNC(=NCC(C)c1cccc(C)c1)NCCC(=O)OC.I. The molecule has 1 rings (SSSR count). The molecule has 1 aromatic rings. The topological polar surface area (TPSA) is 62.7 Å². The predicted molar refractivity (Wildman–Crippen MR) is 106 cm³/mol. The van der Waals surface area contributed by atoms with Crippen LogP contribution in [0, 0.1) is 6.92 Å². The smallest absolute Gasteiger partial charge is 0.307 e. The fourth-order valence-corrected chi connectivity index (χ4v) is 2.04. The van der Waals surface area contributed by atoms with Gasteiger partial charge in [-0.1, -0.05) is 36.8 Å². The number of hydrogen-bond acceptors (Lipinski definition) is 3. The molecule has 0 aliphatic carbocycles. The van der Waals surface area contributed by atoms with Crippen LogP contribution in [0.3, 0.4) is 0 Å². The van der Waals surface area contributed by atoms with E-state index in [4.69, 9.17) is 0 Å². The fourth-order valence-electron chi connectivity index (χ4n) is 2.04. The van der Waals surface area contributed by atoms with Gasteiger partial charge in [0.2, 0.25) is 0 Å². The Morgan fingerprint density at radius 1 is 1.35 bits per heavy atom. The summed E-state index contributed by atoms with van der Waals surface area (Å²) < 4.78 is 4.62. The number of guanidine groups is 1. The summed E-state index contributed by atoms with van der Waals surface area (Å²) in [4.78, 5) is 15.7. The van der Waals surface area contributed by atoms with Gasteiger partial charge in [0.05, 0.1) is 13.5 Å². The van der Waals surface area contributed by atoms with Crippen molar-refractivity contribution < 1.29 is 9.53 Å². The van der Waals surface area contributed by atoms with Crippen LogP contribution in [0.15, 0.2) is 29.3 Å². The number of carbonyl (C=O) groups is 1. The second-order valence-corrected chi connectivity index (χ2v) is 5.29. The van der Waals surface area contributed by atoms with Gasteiger partial charge in [-0.05, 0) is 19.4 Å². The molecule has 0 radical (unpaired) electrons. The number of nitrogens with one attached hydrogen (secondary N) is 2. The summed E-state index contributed by atoms with van der Waals surface area (Å²) in [6, 6.07) is 8.49. The van der Waals surface area contributed by atoms with E-state index in [2.05, 4.69) is 58.5 Å². The maximum Gasteiger partial charge on any atom is 0.307 e. The highest BCUT2D eigenvalue weighted by atomic mass is 127. The Labute approximate surface area is 156 Å². The molecule has 6 heteroatoms. The third-order valence-electron chi connectivity index (χ3n) is 3.33. The first-order chi connectivity index (χ1) is 10.6. The van der Waals surface area contributed by atoms with Gasteiger partial charge in [-0.25, -0.2) is 0 Å². The average Bonchev–Trinajstić information content (AvgIpc) is 2.52. The molecule has 130 valence electrons. The molecule has 0 aromatic heterocycles. The van der Waals surface area contributed by atoms with E-state index in [1.54, 1.807) is 0 Å². The molecule has 0 bridgehead atoms. The van der Waals surface area contributed by atoms with E-state index < -0.39 is 0 Å². The summed E-state index contributed by atoms with van der Waals surface area (Å²) in [7, 11) is 1.39. The molecule has 0 aliphatic heterocycles.